The lowest BCUT2D eigenvalue weighted by Gasteiger charge is -2.40. The fourth-order valence-corrected chi connectivity index (χ4v) is 5.35. The Morgan fingerprint density at radius 3 is 2.50 bits per heavy atom. The van der Waals surface area contributed by atoms with E-state index in [0.717, 1.165) is 0 Å². The maximum absolute atomic E-state index is 13.9. The van der Waals surface area contributed by atoms with Gasteiger partial charge in [-0.25, -0.2) is 23.7 Å². The molecule has 2 fully saturated rings. The molecule has 0 saturated carbocycles. The number of methoxy groups -OCH3 is 2. The molecule has 1 amide bonds. The van der Waals surface area contributed by atoms with Crippen LogP contribution in [0.1, 0.15) is 6.42 Å². The first-order chi connectivity index (χ1) is 19.1. The Morgan fingerprint density at radius 1 is 1.18 bits per heavy atom. The molecule has 0 spiro atoms. The van der Waals surface area contributed by atoms with E-state index < -0.39 is 19.0 Å². The van der Waals surface area contributed by atoms with Crippen molar-refractivity contribution in [2.45, 2.75) is 24.4 Å². The lowest BCUT2D eigenvalue weighted by atomic mass is 10.0. The van der Waals surface area contributed by atoms with Gasteiger partial charge < -0.3 is 29.7 Å². The molecule has 0 bridgehead atoms. The van der Waals surface area contributed by atoms with E-state index in [1.165, 1.54) is 37.5 Å². The summed E-state index contributed by atoms with van der Waals surface area (Å²) in [5, 5.41) is 6.95. The molecule has 40 heavy (non-hydrogen) atoms. The molecule has 2 aliphatic rings. The van der Waals surface area contributed by atoms with E-state index in [1.54, 1.807) is 6.07 Å². The molecule has 2 aromatic heterocycles. The lowest BCUT2D eigenvalue weighted by Crippen LogP contribution is -2.56. The molecule has 2 atom stereocenters. The summed E-state index contributed by atoms with van der Waals surface area (Å²) in [6.45, 7) is 3.30. The largest absolute Gasteiger partial charge is 0.495 e. The van der Waals surface area contributed by atoms with E-state index in [-0.39, 0.29) is 56.7 Å². The van der Waals surface area contributed by atoms with E-state index in [4.69, 9.17) is 37.4 Å². The Hall–Kier alpha value is -3.48. The van der Waals surface area contributed by atoms with E-state index in [2.05, 4.69) is 32.2 Å². The van der Waals surface area contributed by atoms with Gasteiger partial charge in [0.15, 0.2) is 5.82 Å². The van der Waals surface area contributed by atoms with Crippen LogP contribution < -0.4 is 25.0 Å². The van der Waals surface area contributed by atoms with Crippen LogP contribution in [0.15, 0.2) is 31.0 Å². The van der Waals surface area contributed by atoms with Crippen molar-refractivity contribution in [2.75, 3.05) is 50.7 Å². The van der Waals surface area contributed by atoms with Crippen LogP contribution in [0.3, 0.4) is 0 Å². The molecular formula is C26H26Cl2F2N6O4. The highest BCUT2D eigenvalue weighted by Gasteiger charge is 2.45. The van der Waals surface area contributed by atoms with Crippen molar-refractivity contribution in [3.8, 4) is 22.9 Å². The van der Waals surface area contributed by atoms with Gasteiger partial charge in [0.25, 0.3) is 5.92 Å². The van der Waals surface area contributed by atoms with Crippen molar-refractivity contribution in [3.63, 3.8) is 0 Å². The number of rotatable bonds is 8. The van der Waals surface area contributed by atoms with Crippen LogP contribution in [-0.2, 0) is 9.53 Å². The third-order valence-corrected chi connectivity index (χ3v) is 7.46. The number of amides is 1. The molecule has 2 N–H and O–H groups in total. The zero-order valence-electron chi connectivity index (χ0n) is 21.6. The minimum atomic E-state index is -2.85. The number of hydrogen-bond donors (Lipinski definition) is 2. The van der Waals surface area contributed by atoms with Crippen molar-refractivity contribution >= 4 is 51.6 Å². The summed E-state index contributed by atoms with van der Waals surface area (Å²) in [6, 6.07) is 2.70. The number of carbonyl (C=O) groups is 1. The molecule has 14 heteroatoms. The Morgan fingerprint density at radius 2 is 1.88 bits per heavy atom. The van der Waals surface area contributed by atoms with Gasteiger partial charge in [0, 0.05) is 18.1 Å². The Bertz CT molecular complexity index is 1440. The molecule has 4 heterocycles. The summed E-state index contributed by atoms with van der Waals surface area (Å²) in [5.74, 6) is -1.78. The van der Waals surface area contributed by atoms with Crippen LogP contribution in [0, 0.1) is 0 Å². The predicted molar refractivity (Wildman–Crippen MR) is 148 cm³/mol. The van der Waals surface area contributed by atoms with Gasteiger partial charge in [-0.15, -0.1) is 0 Å². The van der Waals surface area contributed by atoms with Crippen LogP contribution in [0.2, 0.25) is 10.0 Å². The molecule has 10 nitrogen and oxygen atoms in total. The molecule has 1 aromatic carbocycles. The summed E-state index contributed by atoms with van der Waals surface area (Å²) in [6.07, 6.45) is 3.31. The number of alkyl halides is 2. The minimum Gasteiger partial charge on any atom is -0.495 e. The van der Waals surface area contributed by atoms with Gasteiger partial charge in [-0.1, -0.05) is 29.8 Å². The predicted octanol–water partition coefficient (Wildman–Crippen LogP) is 4.34. The first kappa shape index (κ1) is 28.1. The van der Waals surface area contributed by atoms with Crippen LogP contribution in [-0.4, -0.2) is 79.4 Å². The molecule has 0 aliphatic carbocycles. The molecule has 2 aliphatic heterocycles. The normalized spacial score (nSPS) is 20.0. The SMILES string of the molecule is C=CC(=O)N[C@H]1CCOC[C@H]1Nc1cc2c(N3CC(F)(F)C3)nc(-c3c(Cl)c(OC)cc(OC)c3Cl)nc2cn1. The standard InChI is InChI=1S/C26H26Cl2F2N6O4/c1-4-20(37)33-14-5-6-40-10-16(14)32-19-7-13-15(9-31-19)34-24(35-25(13)36-11-26(29,30)12-36)21-22(27)17(38-2)8-18(39-3)23(21)28/h4,7-9,14,16H,1,5-6,10-12H2,2-3H3,(H,31,32)(H,33,37)/t14-,16+/m0/s1. The quantitative estimate of drug-likeness (QED) is 0.368. The van der Waals surface area contributed by atoms with E-state index in [0.29, 0.717) is 36.4 Å². The topological polar surface area (TPSA) is 111 Å². The zero-order valence-corrected chi connectivity index (χ0v) is 23.2. The molecule has 0 unspecified atom stereocenters. The average Bonchev–Trinajstić information content (AvgIpc) is 2.92. The average molecular weight is 595 g/mol. The smallest absolute Gasteiger partial charge is 0.282 e. The number of fused-ring (bicyclic) bond motifs is 1. The molecule has 5 rings (SSSR count). The van der Waals surface area contributed by atoms with Gasteiger partial charge in [-0.05, 0) is 18.6 Å². The second-order valence-corrected chi connectivity index (χ2v) is 10.1. The molecule has 2 saturated heterocycles. The highest BCUT2D eigenvalue weighted by Crippen LogP contribution is 2.46. The number of halogens is 4. The van der Waals surface area contributed by atoms with Crippen LogP contribution >= 0.6 is 23.2 Å². The Labute approximate surface area is 238 Å². The van der Waals surface area contributed by atoms with Gasteiger partial charge in [-0.3, -0.25) is 4.79 Å². The number of pyridine rings is 1. The monoisotopic (exact) mass is 594 g/mol. The van der Waals surface area contributed by atoms with E-state index in [9.17, 15) is 13.6 Å². The summed E-state index contributed by atoms with van der Waals surface area (Å²) < 4.78 is 44.2. The third kappa shape index (κ3) is 5.43. The third-order valence-electron chi connectivity index (χ3n) is 6.71. The van der Waals surface area contributed by atoms with Gasteiger partial charge in [0.1, 0.15) is 23.1 Å². The fourth-order valence-electron chi connectivity index (χ4n) is 4.68. The van der Waals surface area contributed by atoms with Crippen LogP contribution in [0.4, 0.5) is 20.4 Å². The van der Waals surface area contributed by atoms with Crippen molar-refractivity contribution < 1.29 is 27.8 Å². The lowest BCUT2D eigenvalue weighted by molar-refractivity contribution is -0.117. The first-order valence-corrected chi connectivity index (χ1v) is 13.1. The molecule has 3 aromatic rings. The Kier molecular flexibility index (Phi) is 7.85. The van der Waals surface area contributed by atoms with Gasteiger partial charge in [0.05, 0.1) is 73.3 Å². The number of nitrogens with zero attached hydrogens (tertiary/aromatic N) is 4. The van der Waals surface area contributed by atoms with Gasteiger partial charge in [0.2, 0.25) is 5.91 Å². The highest BCUT2D eigenvalue weighted by molar-refractivity contribution is 6.41. The van der Waals surface area contributed by atoms with Gasteiger partial charge >= 0.3 is 0 Å². The summed E-state index contributed by atoms with van der Waals surface area (Å²) in [7, 11) is 2.88. The van der Waals surface area contributed by atoms with Crippen molar-refractivity contribution in [2.24, 2.45) is 0 Å². The summed E-state index contributed by atoms with van der Waals surface area (Å²) in [5.41, 5.74) is 0.614. The number of aromatic nitrogens is 3. The number of hydrogen-bond acceptors (Lipinski definition) is 9. The number of anilines is 2. The highest BCUT2D eigenvalue weighted by atomic mass is 35.5. The molecule has 212 valence electrons. The van der Waals surface area contributed by atoms with Gasteiger partial charge in [-0.2, -0.15) is 0 Å². The van der Waals surface area contributed by atoms with Crippen LogP contribution in [0.5, 0.6) is 11.5 Å². The summed E-state index contributed by atoms with van der Waals surface area (Å²) in [4.78, 5) is 27.1. The Balaban J connectivity index is 1.58. The zero-order chi connectivity index (χ0) is 28.6. The number of carbonyl (C=O) groups excluding carboxylic acids is 1. The minimum absolute atomic E-state index is 0.0975. The molecular weight excluding hydrogens is 569 g/mol. The second-order valence-electron chi connectivity index (χ2n) is 9.39. The number of ether oxygens (including phenoxy) is 3. The maximum Gasteiger partial charge on any atom is 0.282 e. The maximum atomic E-state index is 13.9. The van der Waals surface area contributed by atoms with Crippen LogP contribution in [0.25, 0.3) is 22.3 Å². The second kappa shape index (κ2) is 11.2. The summed E-state index contributed by atoms with van der Waals surface area (Å²) >= 11 is 13.2. The fraction of sp³-hybridized carbons (Fsp3) is 0.385. The van der Waals surface area contributed by atoms with Crippen molar-refractivity contribution in [3.05, 3.63) is 41.0 Å². The van der Waals surface area contributed by atoms with Crippen molar-refractivity contribution in [1.29, 1.82) is 0 Å². The number of nitrogens with one attached hydrogen (secondary N) is 2. The number of benzene rings is 1. The van der Waals surface area contributed by atoms with Crippen molar-refractivity contribution in [1.82, 2.24) is 20.3 Å². The molecule has 0 radical (unpaired) electrons. The van der Waals surface area contributed by atoms with E-state index >= 15 is 0 Å². The van der Waals surface area contributed by atoms with E-state index in [1.807, 2.05) is 0 Å². The first-order valence-electron chi connectivity index (χ1n) is 12.3.